The first-order chi connectivity index (χ1) is 8.52. The van der Waals surface area contributed by atoms with Gasteiger partial charge in [-0.3, -0.25) is 0 Å². The van der Waals surface area contributed by atoms with Gasteiger partial charge in [0.15, 0.2) is 5.03 Å². The highest BCUT2D eigenvalue weighted by molar-refractivity contribution is 7.89. The van der Waals surface area contributed by atoms with Crippen LogP contribution in [0.1, 0.15) is 38.5 Å². The smallest absolute Gasteiger partial charge is 0.257 e. The highest BCUT2D eigenvalue weighted by Gasteiger charge is 2.28. The third-order valence-electron chi connectivity index (χ3n) is 3.48. The molecule has 6 nitrogen and oxygen atoms in total. The van der Waals surface area contributed by atoms with Gasteiger partial charge in [-0.1, -0.05) is 25.7 Å². The molecule has 0 saturated heterocycles. The van der Waals surface area contributed by atoms with Crippen molar-refractivity contribution < 1.29 is 8.42 Å². The van der Waals surface area contributed by atoms with E-state index in [1.54, 1.807) is 0 Å². The number of hydrogen-bond acceptors (Lipinski definition) is 4. The van der Waals surface area contributed by atoms with Gasteiger partial charge in [0, 0.05) is 12.1 Å². The van der Waals surface area contributed by atoms with Crippen LogP contribution in [0.2, 0.25) is 0 Å². The van der Waals surface area contributed by atoms with E-state index in [9.17, 15) is 8.42 Å². The van der Waals surface area contributed by atoms with Crippen molar-refractivity contribution in [2.45, 2.75) is 49.1 Å². The molecular weight excluding hydrogens is 288 g/mol. The molecule has 1 aromatic heterocycles. The van der Waals surface area contributed by atoms with E-state index in [-0.39, 0.29) is 24.0 Å². The lowest BCUT2D eigenvalue weighted by Gasteiger charge is -2.27. The molecule has 1 aliphatic rings. The molecule has 0 atom stereocenters. The zero-order valence-electron chi connectivity index (χ0n) is 10.8. The molecule has 4 N–H and O–H groups in total. The van der Waals surface area contributed by atoms with Crippen LogP contribution < -0.4 is 10.5 Å². The third-order valence-corrected chi connectivity index (χ3v) is 4.80. The molecule has 1 aliphatic carbocycles. The van der Waals surface area contributed by atoms with Crippen LogP contribution in [0.4, 0.5) is 0 Å². The standard InChI is InChI=1S/C11H20N4O2S.ClH/c12-11(5-3-1-2-4-6-11)8-15-18(16,17)10-7-13-9-14-10;/h7,9,15H,1-6,8,12H2,(H,13,14);1H. The van der Waals surface area contributed by atoms with Crippen LogP contribution in [0.3, 0.4) is 0 Å². The number of sulfonamides is 1. The van der Waals surface area contributed by atoms with Crippen molar-refractivity contribution in [3.05, 3.63) is 12.5 Å². The summed E-state index contributed by atoms with van der Waals surface area (Å²) in [6.45, 7) is 0.286. The Morgan fingerprint density at radius 3 is 2.47 bits per heavy atom. The number of nitrogens with one attached hydrogen (secondary N) is 2. The first kappa shape index (κ1) is 16.4. The van der Waals surface area contributed by atoms with Crippen molar-refractivity contribution in [3.8, 4) is 0 Å². The molecule has 0 aliphatic heterocycles. The number of imidazole rings is 1. The summed E-state index contributed by atoms with van der Waals surface area (Å²) < 4.78 is 26.4. The molecule has 2 rings (SSSR count). The predicted octanol–water partition coefficient (Wildman–Crippen LogP) is 1.16. The molecule has 0 aromatic carbocycles. The molecular formula is C11H21ClN4O2S. The fraction of sp³-hybridized carbons (Fsp3) is 0.727. The summed E-state index contributed by atoms with van der Waals surface area (Å²) >= 11 is 0. The normalized spacial score (nSPS) is 19.4. The number of rotatable bonds is 4. The lowest BCUT2D eigenvalue weighted by atomic mass is 9.92. The number of hydrogen-bond donors (Lipinski definition) is 3. The van der Waals surface area contributed by atoms with Crippen LogP contribution in [0, 0.1) is 0 Å². The van der Waals surface area contributed by atoms with E-state index < -0.39 is 15.6 Å². The van der Waals surface area contributed by atoms with Crippen LogP contribution >= 0.6 is 12.4 Å². The van der Waals surface area contributed by atoms with Crippen LogP contribution in [0.15, 0.2) is 17.6 Å². The maximum absolute atomic E-state index is 11.9. The second kappa shape index (κ2) is 6.69. The summed E-state index contributed by atoms with van der Waals surface area (Å²) in [5, 5.41) is 0.0831. The van der Waals surface area contributed by atoms with Gasteiger partial charge in [-0.15, -0.1) is 12.4 Å². The zero-order valence-corrected chi connectivity index (χ0v) is 12.4. The van der Waals surface area contributed by atoms with Gasteiger partial charge in [0.25, 0.3) is 10.0 Å². The summed E-state index contributed by atoms with van der Waals surface area (Å²) in [5.41, 5.74) is 5.85. The van der Waals surface area contributed by atoms with Gasteiger partial charge in [0.2, 0.25) is 0 Å². The molecule has 0 spiro atoms. The van der Waals surface area contributed by atoms with Crippen molar-refractivity contribution in [1.82, 2.24) is 14.7 Å². The Morgan fingerprint density at radius 2 is 1.95 bits per heavy atom. The van der Waals surface area contributed by atoms with Crippen LogP contribution in [0.5, 0.6) is 0 Å². The molecule has 0 bridgehead atoms. The third kappa shape index (κ3) is 4.45. The predicted molar refractivity (Wildman–Crippen MR) is 75.6 cm³/mol. The zero-order chi connectivity index (χ0) is 13.1. The van der Waals surface area contributed by atoms with Crippen LogP contribution in [-0.2, 0) is 10.0 Å². The Hall–Kier alpha value is -0.630. The molecule has 0 radical (unpaired) electrons. The second-order valence-corrected chi connectivity index (χ2v) is 6.75. The minimum atomic E-state index is -3.51. The van der Waals surface area contributed by atoms with Crippen molar-refractivity contribution in [1.29, 1.82) is 0 Å². The summed E-state index contributed by atoms with van der Waals surface area (Å²) in [6.07, 6.45) is 8.90. The van der Waals surface area contributed by atoms with Gasteiger partial charge in [-0.2, -0.15) is 0 Å². The van der Waals surface area contributed by atoms with E-state index in [0.29, 0.717) is 0 Å². The quantitative estimate of drug-likeness (QED) is 0.727. The van der Waals surface area contributed by atoms with E-state index in [1.165, 1.54) is 25.4 Å². The topological polar surface area (TPSA) is 101 Å². The molecule has 110 valence electrons. The van der Waals surface area contributed by atoms with Crippen molar-refractivity contribution in [2.75, 3.05) is 6.54 Å². The van der Waals surface area contributed by atoms with Gasteiger partial charge < -0.3 is 10.7 Å². The highest BCUT2D eigenvalue weighted by Crippen LogP contribution is 2.24. The van der Waals surface area contributed by atoms with Gasteiger partial charge in [-0.25, -0.2) is 18.1 Å². The summed E-state index contributed by atoms with van der Waals surface area (Å²) in [5.74, 6) is 0. The minimum absolute atomic E-state index is 0. The summed E-state index contributed by atoms with van der Waals surface area (Å²) in [6, 6.07) is 0. The first-order valence-corrected chi connectivity index (χ1v) is 7.77. The second-order valence-electron chi connectivity index (χ2n) is 5.02. The van der Waals surface area contributed by atoms with Crippen LogP contribution in [0.25, 0.3) is 0 Å². The number of nitrogens with zero attached hydrogens (tertiary/aromatic N) is 1. The maximum atomic E-state index is 11.9. The Bertz CT molecular complexity index is 467. The van der Waals surface area contributed by atoms with E-state index in [1.807, 2.05) is 0 Å². The molecule has 1 heterocycles. The highest BCUT2D eigenvalue weighted by atomic mass is 35.5. The largest absolute Gasteiger partial charge is 0.335 e. The van der Waals surface area contributed by atoms with Crippen molar-refractivity contribution in [2.24, 2.45) is 5.73 Å². The van der Waals surface area contributed by atoms with Crippen molar-refractivity contribution >= 4 is 22.4 Å². The number of halogens is 1. The van der Waals surface area contributed by atoms with Gasteiger partial charge in [0.1, 0.15) is 0 Å². The molecule has 1 fully saturated rings. The van der Waals surface area contributed by atoms with Gasteiger partial charge >= 0.3 is 0 Å². The van der Waals surface area contributed by atoms with Crippen LogP contribution in [-0.4, -0.2) is 30.5 Å². The molecule has 0 amide bonds. The van der Waals surface area contributed by atoms with E-state index >= 15 is 0 Å². The van der Waals surface area contributed by atoms with E-state index in [2.05, 4.69) is 14.7 Å². The van der Waals surface area contributed by atoms with Gasteiger partial charge in [0.05, 0.1) is 12.5 Å². The van der Waals surface area contributed by atoms with E-state index in [0.717, 1.165) is 25.7 Å². The number of aromatic nitrogens is 2. The van der Waals surface area contributed by atoms with Crippen molar-refractivity contribution in [3.63, 3.8) is 0 Å². The summed E-state index contributed by atoms with van der Waals surface area (Å²) in [7, 11) is -3.51. The lowest BCUT2D eigenvalue weighted by Crippen LogP contribution is -2.49. The molecule has 19 heavy (non-hydrogen) atoms. The Morgan fingerprint density at radius 1 is 1.32 bits per heavy atom. The Labute approximate surface area is 120 Å². The fourth-order valence-electron chi connectivity index (χ4n) is 2.32. The fourth-order valence-corrected chi connectivity index (χ4v) is 3.36. The number of H-pyrrole nitrogens is 1. The number of aromatic amines is 1. The van der Waals surface area contributed by atoms with Gasteiger partial charge in [-0.05, 0) is 12.8 Å². The number of nitrogens with two attached hydrogens (primary N) is 1. The SMILES string of the molecule is Cl.NC1(CNS(=O)(=O)c2cnc[nH]2)CCCCCC1. The average molecular weight is 309 g/mol. The minimum Gasteiger partial charge on any atom is -0.335 e. The lowest BCUT2D eigenvalue weighted by molar-refractivity contribution is 0.369. The molecule has 0 unspecified atom stereocenters. The molecule has 1 saturated carbocycles. The summed E-state index contributed by atoms with van der Waals surface area (Å²) in [4.78, 5) is 6.30. The maximum Gasteiger partial charge on any atom is 0.257 e. The molecule has 8 heteroatoms. The molecule has 1 aromatic rings. The first-order valence-electron chi connectivity index (χ1n) is 6.29. The monoisotopic (exact) mass is 308 g/mol. The van der Waals surface area contributed by atoms with E-state index in [4.69, 9.17) is 5.73 Å². The Balaban J connectivity index is 0.00000180. The Kier molecular flexibility index (Phi) is 5.79. The average Bonchev–Trinajstić information content (AvgIpc) is 2.79.